The lowest BCUT2D eigenvalue weighted by Crippen LogP contribution is -1.59. The van der Waals surface area contributed by atoms with E-state index in [-0.39, 0.29) is 0 Å². The van der Waals surface area contributed by atoms with Crippen LogP contribution < -0.4 is 0 Å². The molecule has 0 saturated carbocycles. The van der Waals surface area contributed by atoms with Crippen LogP contribution in [0, 0.1) is 0 Å². The summed E-state index contributed by atoms with van der Waals surface area (Å²) in [6.07, 6.45) is 4.88. The van der Waals surface area contributed by atoms with Crippen LogP contribution in [0.3, 0.4) is 0 Å². The molecule has 0 bridgehead atoms. The third-order valence-corrected chi connectivity index (χ3v) is 6.12. The van der Waals surface area contributed by atoms with Crippen molar-refractivity contribution in [1.29, 1.82) is 0 Å². The molecule has 0 amide bonds. The molecule has 0 aromatic heterocycles. The molecule has 0 N–H and O–H groups in total. The molecule has 2 aliphatic heterocycles. The first-order chi connectivity index (χ1) is 2.97. The van der Waals surface area contributed by atoms with E-state index < -0.39 is 0 Å². The fourth-order valence-corrected chi connectivity index (χ4v) is 5.03. The molecular weight excluding hydrogens is 110 g/mol. The van der Waals surface area contributed by atoms with Crippen LogP contribution in [-0.2, 0) is 0 Å². The first kappa shape index (κ1) is 3.81. The lowest BCUT2D eigenvalue weighted by molar-refractivity contribution is 1.62. The van der Waals surface area contributed by atoms with Crippen LogP contribution in [0.4, 0.5) is 0 Å². The molecule has 2 heterocycles. The van der Waals surface area contributed by atoms with Crippen LogP contribution in [-0.4, -0.2) is 23.9 Å². The molecule has 2 atom stereocenters. The fourth-order valence-electron chi connectivity index (χ4n) is 0.680. The molecule has 2 saturated heterocycles. The Kier molecular flexibility index (Phi) is 0.746. The second-order valence-electron chi connectivity index (χ2n) is 1.96. The summed E-state index contributed by atoms with van der Waals surface area (Å²) in [5, 5.41) is 1.31. The molecule has 6 heavy (non-hydrogen) atoms. The molecule has 0 nitrogen and oxygen atoms in total. The van der Waals surface area contributed by atoms with Crippen molar-refractivity contribution in [2.45, 2.75) is 5.40 Å². The van der Waals surface area contributed by atoms with E-state index in [0.717, 1.165) is 0 Å². The van der Waals surface area contributed by atoms with Crippen molar-refractivity contribution >= 4 is 16.5 Å². The van der Waals surface area contributed by atoms with Crippen molar-refractivity contribution in [3.63, 3.8) is 0 Å². The maximum Gasteiger partial charge on any atom is 0.000406 e. The van der Waals surface area contributed by atoms with Gasteiger partial charge in [-0.05, 0) is 18.5 Å². The topological polar surface area (TPSA) is 0 Å². The monoisotopic (exact) mass is 118 g/mol. The van der Waals surface area contributed by atoms with Crippen LogP contribution in [0.1, 0.15) is 0 Å². The normalized spacial score (nSPS) is 47.0. The van der Waals surface area contributed by atoms with Crippen molar-refractivity contribution < 1.29 is 0 Å². The quantitative estimate of drug-likeness (QED) is 0.457. The summed E-state index contributed by atoms with van der Waals surface area (Å²) in [7, 11) is 2.11. The van der Waals surface area contributed by atoms with Crippen molar-refractivity contribution in [1.82, 2.24) is 0 Å². The van der Waals surface area contributed by atoms with Gasteiger partial charge in [0.05, 0.1) is 0 Å². The first-order valence-electron chi connectivity index (χ1n) is 2.44. The van der Waals surface area contributed by atoms with Gasteiger partial charge in [-0.2, -0.15) is 0 Å². The Morgan fingerprint density at radius 3 is 2.33 bits per heavy atom. The van der Waals surface area contributed by atoms with Gasteiger partial charge in [0, 0.05) is 5.40 Å². The van der Waals surface area contributed by atoms with Crippen molar-refractivity contribution in [3.05, 3.63) is 0 Å². The summed E-state index contributed by atoms with van der Waals surface area (Å²) in [5.74, 6) is 0. The molecule has 0 aromatic rings. The largest absolute Gasteiger partial charge is 0.113 e. The molecule has 0 aliphatic carbocycles. The second kappa shape index (κ2) is 1.17. The van der Waals surface area contributed by atoms with Crippen LogP contribution in [0.25, 0.3) is 0 Å². The number of rotatable bonds is 1. The Morgan fingerprint density at radius 2 is 2.17 bits per heavy atom. The minimum Gasteiger partial charge on any atom is -0.113 e. The Hall–Kier alpha value is 0.860. The SMILES string of the molecule is C1PC1P1CC1. The zero-order valence-electron chi connectivity index (χ0n) is 3.65. The zero-order chi connectivity index (χ0) is 3.98. The van der Waals surface area contributed by atoms with Gasteiger partial charge in [0.15, 0.2) is 0 Å². The molecule has 2 rings (SSSR count). The van der Waals surface area contributed by atoms with Crippen molar-refractivity contribution in [2.24, 2.45) is 0 Å². The van der Waals surface area contributed by atoms with Crippen LogP contribution >= 0.6 is 16.5 Å². The van der Waals surface area contributed by atoms with Crippen LogP contribution in [0.15, 0.2) is 0 Å². The first-order valence-corrected chi connectivity index (χ1v) is 5.51. The summed E-state index contributed by atoms with van der Waals surface area (Å²) in [6, 6.07) is 0. The molecule has 0 aromatic carbocycles. The minimum absolute atomic E-state index is 0.714. The summed E-state index contributed by atoms with van der Waals surface area (Å²) < 4.78 is 0. The van der Waals surface area contributed by atoms with Crippen LogP contribution in [0.2, 0.25) is 0 Å². The smallest absolute Gasteiger partial charge is 0.000406 e. The van der Waals surface area contributed by atoms with Gasteiger partial charge in [-0.25, -0.2) is 0 Å². The van der Waals surface area contributed by atoms with E-state index in [4.69, 9.17) is 0 Å². The fraction of sp³-hybridized carbons (Fsp3) is 1.00. The average Bonchev–Trinajstić information content (AvgIpc) is 2.26. The third-order valence-electron chi connectivity index (χ3n) is 1.31. The highest BCUT2D eigenvalue weighted by molar-refractivity contribution is 7.79. The van der Waals surface area contributed by atoms with E-state index in [0.29, 0.717) is 7.92 Å². The second-order valence-corrected chi connectivity index (χ2v) is 6.65. The van der Waals surface area contributed by atoms with Crippen molar-refractivity contribution in [2.75, 3.05) is 18.5 Å². The third kappa shape index (κ3) is 0.614. The number of hydrogen-bond donors (Lipinski definition) is 0. The van der Waals surface area contributed by atoms with Gasteiger partial charge >= 0.3 is 0 Å². The highest BCUT2D eigenvalue weighted by Crippen LogP contribution is 2.69. The van der Waals surface area contributed by atoms with E-state index in [1.165, 1.54) is 14.0 Å². The van der Waals surface area contributed by atoms with Crippen molar-refractivity contribution in [3.8, 4) is 0 Å². The van der Waals surface area contributed by atoms with Gasteiger partial charge in [0.2, 0.25) is 0 Å². The summed E-state index contributed by atoms with van der Waals surface area (Å²) >= 11 is 0. The maximum absolute atomic E-state index is 1.63. The Bertz CT molecular complexity index is 53.9. The summed E-state index contributed by atoms with van der Waals surface area (Å²) in [6.45, 7) is 0. The number of hydrogen-bond acceptors (Lipinski definition) is 0. The summed E-state index contributed by atoms with van der Waals surface area (Å²) in [5.41, 5.74) is 0. The lowest BCUT2D eigenvalue weighted by Gasteiger charge is -1.78. The lowest BCUT2D eigenvalue weighted by atomic mass is 11.0. The predicted octanol–water partition coefficient (Wildman–Crippen LogP) is 1.50. The molecule has 2 aliphatic rings. The molecule has 2 unspecified atom stereocenters. The average molecular weight is 118 g/mol. The van der Waals surface area contributed by atoms with E-state index >= 15 is 0 Å². The Balaban J connectivity index is 1.92. The zero-order valence-corrected chi connectivity index (χ0v) is 5.54. The highest BCUT2D eigenvalue weighted by Gasteiger charge is 2.37. The van der Waals surface area contributed by atoms with Crippen LogP contribution in [0.5, 0.6) is 0 Å². The Labute approximate surface area is 41.2 Å². The molecular formula is C4H8P2. The minimum atomic E-state index is 0.714. The van der Waals surface area contributed by atoms with Gasteiger partial charge in [-0.1, -0.05) is 7.92 Å². The van der Waals surface area contributed by atoms with E-state index in [1.807, 2.05) is 0 Å². The predicted molar refractivity (Wildman–Crippen MR) is 33.6 cm³/mol. The van der Waals surface area contributed by atoms with E-state index in [2.05, 4.69) is 0 Å². The van der Waals surface area contributed by atoms with Gasteiger partial charge in [-0.15, -0.1) is 8.58 Å². The molecule has 0 radical (unpaired) electrons. The summed E-state index contributed by atoms with van der Waals surface area (Å²) in [4.78, 5) is 0. The van der Waals surface area contributed by atoms with Gasteiger partial charge in [-0.3, -0.25) is 0 Å². The Morgan fingerprint density at radius 1 is 1.50 bits per heavy atom. The molecule has 2 heteroatoms. The van der Waals surface area contributed by atoms with E-state index in [9.17, 15) is 0 Å². The maximum atomic E-state index is 1.63. The molecule has 2 fully saturated rings. The van der Waals surface area contributed by atoms with Gasteiger partial charge in [0.25, 0.3) is 0 Å². The van der Waals surface area contributed by atoms with Gasteiger partial charge in [0.1, 0.15) is 0 Å². The standard InChI is InChI=1S/C4H8P2/c1-2-6(1)4-3-5-4/h4-5H,1-3H2. The molecule has 0 spiro atoms. The van der Waals surface area contributed by atoms with Gasteiger partial charge < -0.3 is 0 Å². The van der Waals surface area contributed by atoms with E-state index in [1.54, 1.807) is 18.5 Å². The molecule has 34 valence electrons. The highest BCUT2D eigenvalue weighted by atomic mass is 31.2.